The van der Waals surface area contributed by atoms with Crippen molar-refractivity contribution in [2.45, 2.75) is 37.5 Å². The third-order valence-electron chi connectivity index (χ3n) is 5.87. The van der Waals surface area contributed by atoms with E-state index >= 15 is 0 Å². The number of amides is 2. The molecule has 34 heavy (non-hydrogen) atoms. The number of carbonyl (C=O) groups is 1. The molecule has 1 atom stereocenters. The van der Waals surface area contributed by atoms with Crippen LogP contribution in [0, 0.1) is 5.41 Å². The Kier molecular flexibility index (Phi) is 7.97. The summed E-state index contributed by atoms with van der Waals surface area (Å²) < 4.78 is 44.0. The number of hydrogen-bond donors (Lipinski definition) is 4. The minimum Gasteiger partial charge on any atom is -0.395 e. The Hall–Kier alpha value is -3.35. The van der Waals surface area contributed by atoms with Crippen LogP contribution in [0.3, 0.4) is 0 Å². The van der Waals surface area contributed by atoms with Crippen LogP contribution in [0.25, 0.3) is 0 Å². The third-order valence-corrected chi connectivity index (χ3v) is 5.87. The number of halogens is 3. The third kappa shape index (κ3) is 6.37. The lowest BCUT2D eigenvalue weighted by Crippen LogP contribution is -2.50. The number of ether oxygens (including phenoxy) is 1. The average molecular weight is 483 g/mol. The molecular formula is C21H29F3N8O2. The molecule has 2 aliphatic heterocycles. The number of nitrogen functional groups attached to an aromatic ring is 1. The molecule has 1 aromatic rings. The fourth-order valence-corrected chi connectivity index (χ4v) is 3.80. The van der Waals surface area contributed by atoms with Gasteiger partial charge in [-0.15, -0.1) is 0 Å². The van der Waals surface area contributed by atoms with Gasteiger partial charge >= 0.3 is 12.2 Å². The molecule has 0 radical (unpaired) electrons. The van der Waals surface area contributed by atoms with Gasteiger partial charge in [0.15, 0.2) is 0 Å². The topological polar surface area (TPSA) is 146 Å². The summed E-state index contributed by atoms with van der Waals surface area (Å²) in [5.41, 5.74) is 10.9. The molecule has 0 aliphatic carbocycles. The van der Waals surface area contributed by atoms with Gasteiger partial charge in [-0.3, -0.25) is 10.3 Å². The highest BCUT2D eigenvalue weighted by atomic mass is 19.4. The van der Waals surface area contributed by atoms with Crippen molar-refractivity contribution in [2.24, 2.45) is 10.7 Å². The largest absolute Gasteiger partial charge is 0.430 e. The Labute approximate surface area is 195 Å². The van der Waals surface area contributed by atoms with Crippen molar-refractivity contribution in [3.05, 3.63) is 29.6 Å². The molecule has 2 aliphatic rings. The zero-order chi connectivity index (χ0) is 24.9. The molecule has 186 valence electrons. The van der Waals surface area contributed by atoms with Gasteiger partial charge in [0.25, 0.3) is 0 Å². The molecule has 1 unspecified atom stereocenters. The van der Waals surface area contributed by atoms with E-state index in [1.54, 1.807) is 19.3 Å². The van der Waals surface area contributed by atoms with Crippen LogP contribution < -0.4 is 21.7 Å². The van der Waals surface area contributed by atoms with Gasteiger partial charge in [-0.05, 0) is 25.3 Å². The van der Waals surface area contributed by atoms with Crippen LogP contribution in [0.5, 0.6) is 0 Å². The Bertz CT molecular complexity index is 952. The number of anilines is 2. The van der Waals surface area contributed by atoms with Crippen LogP contribution in [0.1, 0.15) is 24.8 Å². The molecule has 2 saturated heterocycles. The van der Waals surface area contributed by atoms with Gasteiger partial charge in [-0.2, -0.15) is 13.2 Å². The van der Waals surface area contributed by atoms with Crippen molar-refractivity contribution in [1.82, 2.24) is 15.2 Å². The van der Waals surface area contributed by atoms with E-state index in [0.29, 0.717) is 50.6 Å². The molecule has 0 saturated carbocycles. The number of amidine groups is 1. The number of aromatic nitrogens is 1. The van der Waals surface area contributed by atoms with E-state index in [0.717, 1.165) is 11.9 Å². The highest BCUT2D eigenvalue weighted by Gasteiger charge is 2.32. The number of allylic oxidation sites excluding steroid dienone is 1. The number of carbonyl (C=O) groups excluding carboxylic acids is 1. The molecule has 1 aromatic heterocycles. The summed E-state index contributed by atoms with van der Waals surface area (Å²) in [6, 6.07) is 0.752. The lowest BCUT2D eigenvalue weighted by Gasteiger charge is -2.37. The number of nitrogens with two attached hydrogens (primary N) is 2. The van der Waals surface area contributed by atoms with Crippen molar-refractivity contribution >= 4 is 29.6 Å². The maximum Gasteiger partial charge on any atom is 0.430 e. The molecule has 2 fully saturated rings. The van der Waals surface area contributed by atoms with Gasteiger partial charge in [0.05, 0.1) is 24.5 Å². The summed E-state index contributed by atoms with van der Waals surface area (Å²) in [5, 5.41) is 9.90. The lowest BCUT2D eigenvalue weighted by atomic mass is 10.0. The van der Waals surface area contributed by atoms with Crippen LogP contribution in [-0.4, -0.2) is 79.6 Å². The highest BCUT2D eigenvalue weighted by Crippen LogP contribution is 2.24. The summed E-state index contributed by atoms with van der Waals surface area (Å²) in [4.78, 5) is 24.7. The van der Waals surface area contributed by atoms with Crippen molar-refractivity contribution in [3.63, 3.8) is 0 Å². The molecule has 13 heteroatoms. The molecule has 0 spiro atoms. The van der Waals surface area contributed by atoms with Crippen LogP contribution in [0.4, 0.5) is 29.5 Å². The summed E-state index contributed by atoms with van der Waals surface area (Å²) in [7, 11) is 1.60. The minimum atomic E-state index is -4.73. The Morgan fingerprint density at radius 1 is 1.38 bits per heavy atom. The number of urea groups is 1. The van der Waals surface area contributed by atoms with Crippen LogP contribution in [0.2, 0.25) is 0 Å². The molecule has 0 bridgehead atoms. The molecule has 3 rings (SSSR count). The summed E-state index contributed by atoms with van der Waals surface area (Å²) >= 11 is 0. The monoisotopic (exact) mass is 482 g/mol. The highest BCUT2D eigenvalue weighted by molar-refractivity contribution is 6.04. The first-order chi connectivity index (χ1) is 16.1. The Balaban J connectivity index is 1.64. The minimum absolute atomic E-state index is 0.125. The number of nitrogens with one attached hydrogen (secondary N) is 2. The second-order valence-corrected chi connectivity index (χ2v) is 8.20. The van der Waals surface area contributed by atoms with E-state index < -0.39 is 17.9 Å². The van der Waals surface area contributed by atoms with E-state index in [-0.39, 0.29) is 30.3 Å². The number of piperidine rings is 1. The SMILES string of the molecule is CN(C(=O)NC(/C=C(\N)C(F)(F)F)=NC1CCOC1)C1CCN(c2cnc(N)c(C=N)c2)CC1. The predicted molar refractivity (Wildman–Crippen MR) is 123 cm³/mol. The lowest BCUT2D eigenvalue weighted by molar-refractivity contribution is -0.0925. The first-order valence-corrected chi connectivity index (χ1v) is 10.8. The van der Waals surface area contributed by atoms with E-state index in [4.69, 9.17) is 21.6 Å². The Morgan fingerprint density at radius 2 is 2.09 bits per heavy atom. The van der Waals surface area contributed by atoms with E-state index in [1.807, 2.05) is 0 Å². The van der Waals surface area contributed by atoms with Gasteiger partial charge in [0.1, 0.15) is 17.4 Å². The van der Waals surface area contributed by atoms with E-state index in [9.17, 15) is 18.0 Å². The molecule has 2 amide bonds. The summed E-state index contributed by atoms with van der Waals surface area (Å²) in [6.45, 7) is 1.99. The average Bonchev–Trinajstić information content (AvgIpc) is 3.31. The number of hydrogen-bond acceptors (Lipinski definition) is 8. The van der Waals surface area contributed by atoms with Crippen molar-refractivity contribution in [1.29, 1.82) is 5.41 Å². The van der Waals surface area contributed by atoms with Crippen LogP contribution in [-0.2, 0) is 4.74 Å². The first-order valence-electron chi connectivity index (χ1n) is 10.8. The zero-order valence-electron chi connectivity index (χ0n) is 18.8. The number of nitrogens with zero attached hydrogens (tertiary/aromatic N) is 4. The fraction of sp³-hybridized carbons (Fsp3) is 0.524. The maximum atomic E-state index is 12.9. The predicted octanol–water partition coefficient (Wildman–Crippen LogP) is 1.86. The Morgan fingerprint density at radius 3 is 2.68 bits per heavy atom. The first kappa shape index (κ1) is 25.3. The molecule has 0 aromatic carbocycles. The van der Waals surface area contributed by atoms with Gasteiger partial charge in [0.2, 0.25) is 0 Å². The summed E-state index contributed by atoms with van der Waals surface area (Å²) in [6.07, 6.45) is 0.522. The summed E-state index contributed by atoms with van der Waals surface area (Å²) in [5.74, 6) is 0.0404. The van der Waals surface area contributed by atoms with Gasteiger partial charge in [-0.25, -0.2) is 9.78 Å². The number of pyridine rings is 1. The van der Waals surface area contributed by atoms with Crippen molar-refractivity contribution in [2.75, 3.05) is 44.0 Å². The van der Waals surface area contributed by atoms with Crippen LogP contribution in [0.15, 0.2) is 29.0 Å². The van der Waals surface area contributed by atoms with Gasteiger partial charge in [-0.1, -0.05) is 0 Å². The van der Waals surface area contributed by atoms with E-state index in [1.165, 1.54) is 4.90 Å². The number of aliphatic imine (C=N–C) groups is 1. The maximum absolute atomic E-state index is 12.9. The number of alkyl halides is 3. The van der Waals surface area contributed by atoms with Crippen LogP contribution >= 0.6 is 0 Å². The van der Waals surface area contributed by atoms with Crippen molar-refractivity contribution in [3.8, 4) is 0 Å². The second kappa shape index (κ2) is 10.7. The van der Waals surface area contributed by atoms with Gasteiger partial charge in [0, 0.05) is 50.6 Å². The molecule has 6 N–H and O–H groups in total. The molecule has 10 nitrogen and oxygen atoms in total. The van der Waals surface area contributed by atoms with E-state index in [2.05, 4.69) is 20.2 Å². The standard InChI is InChI=1S/C21H29F3N8O2/c1-31(15-2-5-32(6-3-15)16-8-13(10-25)19(27)28-11-16)20(33)30-18(9-17(26)21(22,23)24)29-14-4-7-34-12-14/h8-11,14-15,25H,2-7,12,26H2,1H3,(H2,27,28)(H,29,30,33)/b17-9-,25-10?. The quantitative estimate of drug-likeness (QED) is 0.372. The zero-order valence-corrected chi connectivity index (χ0v) is 18.8. The molecule has 3 heterocycles. The second-order valence-electron chi connectivity index (χ2n) is 8.20. The normalized spacial score (nSPS) is 20.4. The van der Waals surface area contributed by atoms with Gasteiger partial charge < -0.3 is 31.4 Å². The fourth-order valence-electron chi connectivity index (χ4n) is 3.80. The number of rotatable bonds is 5. The molecular weight excluding hydrogens is 453 g/mol. The smallest absolute Gasteiger partial charge is 0.395 e. The van der Waals surface area contributed by atoms with Crippen molar-refractivity contribution < 1.29 is 22.7 Å².